The number of hydrogen-bond acceptors (Lipinski definition) is 4. The molecule has 0 atom stereocenters. The van der Waals surface area contributed by atoms with Gasteiger partial charge in [-0.2, -0.15) is 0 Å². The fourth-order valence-corrected chi connectivity index (χ4v) is 2.23. The smallest absolute Gasteiger partial charge is 0.233 e. The van der Waals surface area contributed by atoms with Gasteiger partial charge in [0.2, 0.25) is 5.91 Å². The molecular weight excluding hydrogens is 230 g/mol. The Morgan fingerprint density at radius 2 is 2.47 bits per heavy atom. The van der Waals surface area contributed by atoms with Crippen molar-refractivity contribution in [1.82, 2.24) is 4.90 Å². The maximum Gasteiger partial charge on any atom is 0.233 e. The number of amidine groups is 1. The molecule has 0 radical (unpaired) electrons. The average Bonchev–Trinajstić information content (AvgIpc) is 2.66. The highest BCUT2D eigenvalue weighted by Gasteiger charge is 2.10. The molecule has 0 aromatic carbocycles. The van der Waals surface area contributed by atoms with Gasteiger partial charge in [0.1, 0.15) is 0 Å². The van der Waals surface area contributed by atoms with Crippen LogP contribution in [-0.2, 0) is 11.3 Å². The molecule has 6 heteroatoms. The Hall–Kier alpha value is -1.01. The van der Waals surface area contributed by atoms with Crippen molar-refractivity contribution in [2.24, 2.45) is 5.73 Å². The van der Waals surface area contributed by atoms with Gasteiger partial charge >= 0.3 is 0 Å². The van der Waals surface area contributed by atoms with Crippen LogP contribution in [0.15, 0.2) is 17.5 Å². The zero-order chi connectivity index (χ0) is 11.3. The highest BCUT2D eigenvalue weighted by Crippen LogP contribution is 2.11. The number of nitrogens with two attached hydrogens (primary N) is 1. The molecule has 0 aliphatic rings. The van der Waals surface area contributed by atoms with Crippen molar-refractivity contribution >= 4 is 34.2 Å². The predicted molar refractivity (Wildman–Crippen MR) is 65.2 cm³/mol. The minimum Gasteiger partial charge on any atom is -0.379 e. The number of carbonyl (C=O) groups is 1. The van der Waals surface area contributed by atoms with Crippen LogP contribution in [0.3, 0.4) is 0 Å². The van der Waals surface area contributed by atoms with Gasteiger partial charge in [-0.15, -0.1) is 11.3 Å². The Balaban J connectivity index is 2.36. The van der Waals surface area contributed by atoms with Crippen molar-refractivity contribution in [2.45, 2.75) is 6.54 Å². The lowest BCUT2D eigenvalue weighted by Gasteiger charge is -2.15. The predicted octanol–water partition coefficient (Wildman–Crippen LogP) is 1.33. The van der Waals surface area contributed by atoms with Gasteiger partial charge < -0.3 is 10.6 Å². The lowest BCUT2D eigenvalue weighted by Crippen LogP contribution is -2.28. The van der Waals surface area contributed by atoms with E-state index in [1.165, 1.54) is 0 Å². The number of carbonyl (C=O) groups excluding carboxylic acids is 1. The fraction of sp³-hybridized carbons (Fsp3) is 0.333. The summed E-state index contributed by atoms with van der Waals surface area (Å²) in [6, 6.07) is 3.95. The molecule has 0 spiro atoms. The van der Waals surface area contributed by atoms with Crippen LogP contribution in [0.25, 0.3) is 0 Å². The summed E-state index contributed by atoms with van der Waals surface area (Å²) in [5.74, 6) is 0.223. The van der Waals surface area contributed by atoms with Crippen molar-refractivity contribution in [3.63, 3.8) is 0 Å². The first-order valence-corrected chi connectivity index (χ1v) is 6.19. The number of thioether (sulfide) groups is 1. The fourth-order valence-electron chi connectivity index (χ4n) is 0.974. The molecule has 1 heterocycles. The van der Waals surface area contributed by atoms with E-state index in [0.717, 1.165) is 16.6 Å². The van der Waals surface area contributed by atoms with E-state index in [9.17, 15) is 4.79 Å². The summed E-state index contributed by atoms with van der Waals surface area (Å²) in [5.41, 5.74) is 5.15. The van der Waals surface area contributed by atoms with Gasteiger partial charge in [0.25, 0.3) is 0 Å². The molecule has 0 fully saturated rings. The molecule has 0 aliphatic heterocycles. The van der Waals surface area contributed by atoms with Crippen LogP contribution in [0.1, 0.15) is 4.88 Å². The van der Waals surface area contributed by atoms with E-state index in [1.807, 2.05) is 17.5 Å². The van der Waals surface area contributed by atoms with Crippen molar-refractivity contribution < 1.29 is 4.79 Å². The van der Waals surface area contributed by atoms with Gasteiger partial charge in [-0.05, 0) is 11.4 Å². The standard InChI is InChI=1S/C9H13N3OS2/c1-12(5-7-3-2-4-14-7)8(13)6-15-9(10)11/h2-4H,5-6H2,1H3,(H3,10,11). The van der Waals surface area contributed by atoms with Gasteiger partial charge in [0, 0.05) is 11.9 Å². The van der Waals surface area contributed by atoms with Crippen molar-refractivity contribution in [2.75, 3.05) is 12.8 Å². The Morgan fingerprint density at radius 1 is 1.73 bits per heavy atom. The third-order valence-electron chi connectivity index (χ3n) is 1.75. The zero-order valence-electron chi connectivity index (χ0n) is 8.40. The van der Waals surface area contributed by atoms with Crippen LogP contribution in [-0.4, -0.2) is 28.8 Å². The van der Waals surface area contributed by atoms with E-state index >= 15 is 0 Å². The summed E-state index contributed by atoms with van der Waals surface area (Å²) in [6.07, 6.45) is 0. The van der Waals surface area contributed by atoms with Crippen LogP contribution in [0.5, 0.6) is 0 Å². The van der Waals surface area contributed by atoms with Crippen LogP contribution in [0.2, 0.25) is 0 Å². The molecule has 0 bridgehead atoms. The Morgan fingerprint density at radius 3 is 3.00 bits per heavy atom. The van der Waals surface area contributed by atoms with E-state index in [0.29, 0.717) is 6.54 Å². The molecule has 82 valence electrons. The first kappa shape index (κ1) is 12.1. The summed E-state index contributed by atoms with van der Waals surface area (Å²) in [7, 11) is 1.75. The van der Waals surface area contributed by atoms with Gasteiger partial charge in [-0.25, -0.2) is 0 Å². The van der Waals surface area contributed by atoms with Crippen LogP contribution in [0, 0.1) is 5.41 Å². The molecule has 1 rings (SSSR count). The van der Waals surface area contributed by atoms with Gasteiger partial charge in [0.05, 0.1) is 12.3 Å². The molecule has 3 N–H and O–H groups in total. The second kappa shape index (κ2) is 5.77. The van der Waals surface area contributed by atoms with Crippen LogP contribution >= 0.6 is 23.1 Å². The third kappa shape index (κ3) is 4.35. The number of amides is 1. The monoisotopic (exact) mass is 243 g/mol. The maximum absolute atomic E-state index is 11.5. The molecule has 0 saturated carbocycles. The second-order valence-electron chi connectivity index (χ2n) is 2.98. The summed E-state index contributed by atoms with van der Waals surface area (Å²) in [6.45, 7) is 0.620. The molecule has 4 nitrogen and oxygen atoms in total. The number of thiophene rings is 1. The lowest BCUT2D eigenvalue weighted by atomic mass is 10.4. The van der Waals surface area contributed by atoms with Crippen molar-refractivity contribution in [3.05, 3.63) is 22.4 Å². The number of rotatable bonds is 4. The first-order chi connectivity index (χ1) is 7.09. The number of hydrogen-bond donors (Lipinski definition) is 2. The molecule has 15 heavy (non-hydrogen) atoms. The minimum absolute atomic E-state index is 0.0106. The molecule has 1 amide bonds. The molecule has 0 saturated heterocycles. The van der Waals surface area contributed by atoms with Gasteiger partial charge in [0.15, 0.2) is 5.17 Å². The van der Waals surface area contributed by atoms with Crippen LogP contribution < -0.4 is 5.73 Å². The maximum atomic E-state index is 11.5. The normalized spacial score (nSPS) is 9.93. The lowest BCUT2D eigenvalue weighted by molar-refractivity contribution is -0.127. The van der Waals surface area contributed by atoms with Crippen molar-refractivity contribution in [1.29, 1.82) is 5.41 Å². The second-order valence-corrected chi connectivity index (χ2v) is 5.03. The molecular formula is C9H13N3OS2. The quantitative estimate of drug-likeness (QED) is 0.619. The third-order valence-corrected chi connectivity index (χ3v) is 3.31. The van der Waals surface area contributed by atoms with Crippen molar-refractivity contribution in [3.8, 4) is 0 Å². The summed E-state index contributed by atoms with van der Waals surface area (Å²) >= 11 is 2.68. The van der Waals surface area contributed by atoms with E-state index in [2.05, 4.69) is 0 Å². The summed E-state index contributed by atoms with van der Waals surface area (Å²) < 4.78 is 0. The SMILES string of the molecule is CN(Cc1cccs1)C(=O)CSC(=N)N. The Bertz CT molecular complexity index is 337. The zero-order valence-corrected chi connectivity index (χ0v) is 10.0. The van der Waals surface area contributed by atoms with E-state index in [-0.39, 0.29) is 16.8 Å². The van der Waals surface area contributed by atoms with Gasteiger partial charge in [-0.3, -0.25) is 10.2 Å². The highest BCUT2D eigenvalue weighted by atomic mass is 32.2. The van der Waals surface area contributed by atoms with E-state index < -0.39 is 0 Å². The average molecular weight is 243 g/mol. The van der Waals surface area contributed by atoms with E-state index in [4.69, 9.17) is 11.1 Å². The number of nitrogens with one attached hydrogen (secondary N) is 1. The Kier molecular flexibility index (Phi) is 4.64. The molecule has 0 aliphatic carbocycles. The van der Waals surface area contributed by atoms with E-state index in [1.54, 1.807) is 23.3 Å². The molecule has 1 aromatic heterocycles. The van der Waals surface area contributed by atoms with Gasteiger partial charge in [-0.1, -0.05) is 17.8 Å². The molecule has 0 unspecified atom stereocenters. The Labute approximate surface area is 97.0 Å². The first-order valence-electron chi connectivity index (χ1n) is 4.32. The van der Waals surface area contributed by atoms with Crippen LogP contribution in [0.4, 0.5) is 0 Å². The minimum atomic E-state index is -0.0205. The molecule has 1 aromatic rings. The largest absolute Gasteiger partial charge is 0.379 e. The summed E-state index contributed by atoms with van der Waals surface area (Å²) in [5, 5.41) is 8.96. The topological polar surface area (TPSA) is 70.2 Å². The summed E-state index contributed by atoms with van der Waals surface area (Å²) in [4.78, 5) is 14.3. The number of nitrogens with zero attached hydrogens (tertiary/aromatic N) is 1. The highest BCUT2D eigenvalue weighted by molar-refractivity contribution is 8.14.